The highest BCUT2D eigenvalue weighted by atomic mass is 32.2. The molecule has 2 heteroatoms. The van der Waals surface area contributed by atoms with Gasteiger partial charge in [-0.05, 0) is 18.2 Å². The summed E-state index contributed by atoms with van der Waals surface area (Å²) in [7, 11) is 0. The molecule has 0 aromatic rings. The highest BCUT2D eigenvalue weighted by Crippen LogP contribution is 2.46. The van der Waals surface area contributed by atoms with Gasteiger partial charge in [-0.15, -0.1) is 0 Å². The Labute approximate surface area is 91.0 Å². The number of rotatable bonds is 1. The standard InChI is InChI=1S/C12H18NS/c1-12(6-4-2-3-5-7-12)11-10-13-8-9-14-11/h8-10H,2-7H2,1H3. The maximum atomic E-state index is 4.25. The Morgan fingerprint density at radius 2 is 1.93 bits per heavy atom. The Balaban J connectivity index is 2.08. The van der Waals surface area contributed by atoms with Crippen LogP contribution in [-0.2, 0) is 0 Å². The Bertz CT molecular complexity index is 247. The summed E-state index contributed by atoms with van der Waals surface area (Å²) >= 11 is 1.86. The summed E-state index contributed by atoms with van der Waals surface area (Å²) in [4.78, 5) is 1.47. The molecule has 1 aliphatic carbocycles. The molecule has 1 nitrogen and oxygen atoms in total. The van der Waals surface area contributed by atoms with Crippen molar-refractivity contribution in [2.45, 2.75) is 45.4 Å². The van der Waals surface area contributed by atoms with E-state index in [0.29, 0.717) is 5.41 Å². The van der Waals surface area contributed by atoms with Crippen molar-refractivity contribution in [3.63, 3.8) is 0 Å². The largest absolute Gasteiger partial charge is 0.263 e. The van der Waals surface area contributed by atoms with Crippen LogP contribution in [-0.4, -0.2) is 0 Å². The van der Waals surface area contributed by atoms with Gasteiger partial charge in [-0.3, -0.25) is 5.32 Å². The molecule has 77 valence electrons. The Kier molecular flexibility index (Phi) is 3.22. The summed E-state index contributed by atoms with van der Waals surface area (Å²) in [5.74, 6) is 0. The van der Waals surface area contributed by atoms with Gasteiger partial charge in [0.25, 0.3) is 0 Å². The third-order valence-electron chi connectivity index (χ3n) is 3.34. The van der Waals surface area contributed by atoms with Gasteiger partial charge in [-0.1, -0.05) is 44.4 Å². The van der Waals surface area contributed by atoms with E-state index in [0.717, 1.165) is 0 Å². The fourth-order valence-corrected chi connectivity index (χ4v) is 3.22. The van der Waals surface area contributed by atoms with E-state index in [1.165, 1.54) is 43.4 Å². The smallest absolute Gasteiger partial charge is 0.0372 e. The lowest BCUT2D eigenvalue weighted by Gasteiger charge is -2.30. The molecular weight excluding hydrogens is 190 g/mol. The SMILES string of the molecule is CC1(C2=C[N]C=CS2)CCCCCC1. The summed E-state index contributed by atoms with van der Waals surface area (Å²) in [6.45, 7) is 2.41. The summed E-state index contributed by atoms with van der Waals surface area (Å²) < 4.78 is 0. The lowest BCUT2D eigenvalue weighted by atomic mass is 9.82. The molecule has 0 saturated heterocycles. The van der Waals surface area contributed by atoms with Crippen LogP contribution in [0.4, 0.5) is 0 Å². The molecule has 0 N–H and O–H groups in total. The molecule has 2 rings (SSSR count). The summed E-state index contributed by atoms with van der Waals surface area (Å²) in [6.07, 6.45) is 12.2. The topological polar surface area (TPSA) is 14.1 Å². The van der Waals surface area contributed by atoms with Gasteiger partial charge < -0.3 is 0 Å². The zero-order chi connectivity index (χ0) is 9.86. The van der Waals surface area contributed by atoms with Gasteiger partial charge in [0.1, 0.15) is 0 Å². The van der Waals surface area contributed by atoms with Crippen molar-refractivity contribution in [1.29, 1.82) is 0 Å². The lowest BCUT2D eigenvalue weighted by molar-refractivity contribution is 0.359. The van der Waals surface area contributed by atoms with E-state index in [4.69, 9.17) is 0 Å². The first-order valence-corrected chi connectivity index (χ1v) is 6.41. The van der Waals surface area contributed by atoms with E-state index < -0.39 is 0 Å². The monoisotopic (exact) mass is 208 g/mol. The molecule has 0 amide bonds. The van der Waals surface area contributed by atoms with E-state index in [-0.39, 0.29) is 0 Å². The van der Waals surface area contributed by atoms with Gasteiger partial charge in [-0.25, -0.2) is 0 Å². The number of allylic oxidation sites excluding steroid dienone is 1. The molecule has 0 bridgehead atoms. The van der Waals surface area contributed by atoms with Crippen LogP contribution >= 0.6 is 11.8 Å². The first-order chi connectivity index (χ1) is 6.81. The molecule has 1 aliphatic heterocycles. The van der Waals surface area contributed by atoms with Crippen molar-refractivity contribution in [2.24, 2.45) is 5.41 Å². The number of thioether (sulfide) groups is 1. The Morgan fingerprint density at radius 1 is 1.21 bits per heavy atom. The minimum absolute atomic E-state index is 0.412. The van der Waals surface area contributed by atoms with Crippen LogP contribution in [0.5, 0.6) is 0 Å². The molecule has 0 aromatic carbocycles. The van der Waals surface area contributed by atoms with Crippen molar-refractivity contribution in [1.82, 2.24) is 5.32 Å². The van der Waals surface area contributed by atoms with Gasteiger partial charge in [0.2, 0.25) is 0 Å². The molecule has 0 unspecified atom stereocenters. The van der Waals surface area contributed by atoms with Crippen LogP contribution in [0.2, 0.25) is 0 Å². The number of nitrogens with zero attached hydrogens (tertiary/aromatic N) is 1. The van der Waals surface area contributed by atoms with Gasteiger partial charge >= 0.3 is 0 Å². The Morgan fingerprint density at radius 3 is 2.50 bits per heavy atom. The van der Waals surface area contributed by atoms with E-state index >= 15 is 0 Å². The average molecular weight is 208 g/mol. The second-order valence-electron chi connectivity index (χ2n) is 4.52. The van der Waals surface area contributed by atoms with Crippen molar-refractivity contribution in [3.8, 4) is 0 Å². The highest BCUT2D eigenvalue weighted by Gasteiger charge is 2.30. The molecular formula is C12H18NS. The second kappa shape index (κ2) is 4.43. The zero-order valence-electron chi connectivity index (χ0n) is 8.83. The maximum Gasteiger partial charge on any atom is 0.0372 e. The van der Waals surface area contributed by atoms with Crippen molar-refractivity contribution >= 4 is 11.8 Å². The fraction of sp³-hybridized carbons (Fsp3) is 0.667. The second-order valence-corrected chi connectivity index (χ2v) is 5.47. The van der Waals surface area contributed by atoms with E-state index in [1.54, 1.807) is 0 Å². The molecule has 1 saturated carbocycles. The molecule has 0 atom stereocenters. The van der Waals surface area contributed by atoms with Crippen LogP contribution in [0.1, 0.15) is 45.4 Å². The maximum absolute atomic E-state index is 4.25. The van der Waals surface area contributed by atoms with Crippen LogP contribution in [0.25, 0.3) is 0 Å². The fourth-order valence-electron chi connectivity index (χ4n) is 2.33. The van der Waals surface area contributed by atoms with E-state index in [2.05, 4.69) is 23.8 Å². The van der Waals surface area contributed by atoms with Gasteiger partial charge in [-0.2, -0.15) is 0 Å². The molecule has 1 radical (unpaired) electrons. The minimum Gasteiger partial charge on any atom is -0.263 e. The van der Waals surface area contributed by atoms with E-state index in [1.807, 2.05) is 18.0 Å². The first kappa shape index (κ1) is 10.2. The number of hydrogen-bond donors (Lipinski definition) is 0. The first-order valence-electron chi connectivity index (χ1n) is 5.54. The lowest BCUT2D eigenvalue weighted by Crippen LogP contribution is -2.18. The summed E-state index contributed by atoms with van der Waals surface area (Å²) in [5, 5.41) is 6.35. The zero-order valence-corrected chi connectivity index (χ0v) is 9.65. The normalized spacial score (nSPS) is 26.2. The summed E-state index contributed by atoms with van der Waals surface area (Å²) in [6, 6.07) is 0. The van der Waals surface area contributed by atoms with E-state index in [9.17, 15) is 0 Å². The molecule has 1 fully saturated rings. The molecule has 0 aromatic heterocycles. The predicted octanol–water partition coefficient (Wildman–Crippen LogP) is 4.01. The molecule has 14 heavy (non-hydrogen) atoms. The minimum atomic E-state index is 0.412. The highest BCUT2D eigenvalue weighted by molar-refractivity contribution is 8.05. The van der Waals surface area contributed by atoms with Gasteiger partial charge in [0.15, 0.2) is 0 Å². The number of hydrogen-bond acceptors (Lipinski definition) is 1. The molecule has 2 aliphatic rings. The van der Waals surface area contributed by atoms with Crippen LogP contribution in [0, 0.1) is 5.41 Å². The van der Waals surface area contributed by atoms with Gasteiger partial charge in [0.05, 0.1) is 0 Å². The van der Waals surface area contributed by atoms with Crippen LogP contribution < -0.4 is 5.32 Å². The van der Waals surface area contributed by atoms with Crippen molar-refractivity contribution in [3.05, 3.63) is 22.7 Å². The average Bonchev–Trinajstić information content (AvgIpc) is 2.46. The van der Waals surface area contributed by atoms with Crippen LogP contribution in [0.3, 0.4) is 0 Å². The van der Waals surface area contributed by atoms with Crippen LogP contribution in [0.15, 0.2) is 22.7 Å². The quantitative estimate of drug-likeness (QED) is 0.594. The third kappa shape index (κ3) is 2.17. The molecule has 1 heterocycles. The van der Waals surface area contributed by atoms with Crippen molar-refractivity contribution < 1.29 is 0 Å². The predicted molar refractivity (Wildman–Crippen MR) is 62.8 cm³/mol. The van der Waals surface area contributed by atoms with Gasteiger partial charge in [0, 0.05) is 22.7 Å². The third-order valence-corrected chi connectivity index (χ3v) is 4.45. The summed E-state index contributed by atoms with van der Waals surface area (Å²) in [5.41, 5.74) is 0.412. The Hall–Kier alpha value is -0.370. The van der Waals surface area contributed by atoms with Crippen molar-refractivity contribution in [2.75, 3.05) is 0 Å². The molecule has 0 spiro atoms.